The fourth-order valence-electron chi connectivity index (χ4n) is 1.62. The van der Waals surface area contributed by atoms with Crippen molar-refractivity contribution in [3.63, 3.8) is 0 Å². The minimum atomic E-state index is -0.325. The van der Waals surface area contributed by atoms with Crippen molar-refractivity contribution in [2.24, 2.45) is 0 Å². The van der Waals surface area contributed by atoms with Gasteiger partial charge in [0.15, 0.2) is 0 Å². The first-order valence-electron chi connectivity index (χ1n) is 6.49. The van der Waals surface area contributed by atoms with Crippen molar-refractivity contribution in [3.05, 3.63) is 35.4 Å². The lowest BCUT2D eigenvalue weighted by Gasteiger charge is -2.07. The van der Waals surface area contributed by atoms with Gasteiger partial charge in [0, 0.05) is 12.6 Å². The average Bonchev–Trinajstić information content (AvgIpc) is 3.21. The molecule has 1 aliphatic rings. The molecule has 102 valence electrons. The van der Waals surface area contributed by atoms with Crippen molar-refractivity contribution in [1.29, 1.82) is 0 Å². The molecule has 2 rings (SSSR count). The highest BCUT2D eigenvalue weighted by Crippen LogP contribution is 2.18. The van der Waals surface area contributed by atoms with Crippen LogP contribution >= 0.6 is 0 Å². The van der Waals surface area contributed by atoms with E-state index in [9.17, 15) is 9.59 Å². The molecule has 19 heavy (non-hydrogen) atoms. The summed E-state index contributed by atoms with van der Waals surface area (Å²) < 4.78 is 4.90. The van der Waals surface area contributed by atoms with Crippen molar-refractivity contribution in [3.8, 4) is 0 Å². The number of hydrogen-bond acceptors (Lipinski definition) is 3. The Balaban J connectivity index is 1.80. The summed E-state index contributed by atoms with van der Waals surface area (Å²) >= 11 is 0. The van der Waals surface area contributed by atoms with E-state index in [4.69, 9.17) is 4.74 Å². The molecule has 0 aromatic heterocycles. The van der Waals surface area contributed by atoms with Crippen LogP contribution in [0.1, 0.15) is 35.7 Å². The predicted molar refractivity (Wildman–Crippen MR) is 70.8 cm³/mol. The fourth-order valence-corrected chi connectivity index (χ4v) is 1.62. The minimum Gasteiger partial charge on any atom is -0.462 e. The Morgan fingerprint density at radius 3 is 2.53 bits per heavy atom. The first-order valence-corrected chi connectivity index (χ1v) is 6.49. The number of urea groups is 1. The molecule has 1 aromatic rings. The molecule has 0 radical (unpaired) electrons. The average molecular weight is 262 g/mol. The van der Waals surface area contributed by atoms with Crippen LogP contribution in [0.5, 0.6) is 0 Å². The Bertz CT molecular complexity index is 452. The summed E-state index contributed by atoms with van der Waals surface area (Å²) in [6.07, 6.45) is 2.14. The SMILES string of the molecule is CCOC(=O)c1ccc(CNC(=O)NC2CC2)cc1. The molecular formula is C14H18N2O3. The number of rotatable bonds is 5. The van der Waals surface area contributed by atoms with Gasteiger partial charge in [-0.3, -0.25) is 0 Å². The molecule has 0 saturated heterocycles. The molecule has 1 fully saturated rings. The van der Waals surface area contributed by atoms with Crippen LogP contribution in [-0.4, -0.2) is 24.6 Å². The van der Waals surface area contributed by atoms with Crippen molar-refractivity contribution in [2.45, 2.75) is 32.4 Å². The maximum absolute atomic E-state index is 11.4. The third kappa shape index (κ3) is 4.28. The predicted octanol–water partition coefficient (Wildman–Crippen LogP) is 1.82. The summed E-state index contributed by atoms with van der Waals surface area (Å²) in [6.45, 7) is 2.58. The zero-order valence-electron chi connectivity index (χ0n) is 10.9. The number of esters is 1. The van der Waals surface area contributed by atoms with Crippen LogP contribution in [0.25, 0.3) is 0 Å². The van der Waals surface area contributed by atoms with Crippen molar-refractivity contribution in [1.82, 2.24) is 10.6 Å². The molecule has 0 bridgehead atoms. The normalized spacial score (nSPS) is 13.7. The van der Waals surface area contributed by atoms with Gasteiger partial charge < -0.3 is 15.4 Å². The van der Waals surface area contributed by atoms with Gasteiger partial charge in [-0.1, -0.05) is 12.1 Å². The van der Waals surface area contributed by atoms with E-state index in [0.717, 1.165) is 18.4 Å². The van der Waals surface area contributed by atoms with E-state index in [1.54, 1.807) is 19.1 Å². The van der Waals surface area contributed by atoms with Gasteiger partial charge in [-0.25, -0.2) is 9.59 Å². The standard InChI is InChI=1S/C14H18N2O3/c1-2-19-13(17)11-5-3-10(4-6-11)9-15-14(18)16-12-7-8-12/h3-6,12H,2,7-9H2,1H3,(H2,15,16,18). The van der Waals surface area contributed by atoms with Gasteiger partial charge in [-0.2, -0.15) is 0 Å². The summed E-state index contributed by atoms with van der Waals surface area (Å²) in [5.41, 5.74) is 1.46. The number of carbonyl (C=O) groups is 2. The van der Waals surface area contributed by atoms with Gasteiger partial charge in [-0.05, 0) is 37.5 Å². The molecule has 0 aliphatic heterocycles. The number of ether oxygens (including phenoxy) is 1. The molecule has 0 atom stereocenters. The Kier molecular flexibility index (Phi) is 4.39. The highest BCUT2D eigenvalue weighted by Gasteiger charge is 2.22. The summed E-state index contributed by atoms with van der Waals surface area (Å²) in [5.74, 6) is -0.325. The number of amides is 2. The van der Waals surface area contributed by atoms with Gasteiger partial charge in [-0.15, -0.1) is 0 Å². The molecule has 2 amide bonds. The molecule has 0 spiro atoms. The van der Waals surface area contributed by atoms with Crippen molar-refractivity contribution < 1.29 is 14.3 Å². The summed E-state index contributed by atoms with van der Waals surface area (Å²) in [7, 11) is 0. The zero-order chi connectivity index (χ0) is 13.7. The molecule has 1 aliphatic carbocycles. The van der Waals surface area contributed by atoms with E-state index in [1.807, 2.05) is 12.1 Å². The van der Waals surface area contributed by atoms with E-state index in [0.29, 0.717) is 24.8 Å². The lowest BCUT2D eigenvalue weighted by Crippen LogP contribution is -2.36. The van der Waals surface area contributed by atoms with Gasteiger partial charge in [0.1, 0.15) is 0 Å². The molecule has 1 aromatic carbocycles. The second-order valence-electron chi connectivity index (χ2n) is 4.52. The Morgan fingerprint density at radius 1 is 1.26 bits per heavy atom. The molecular weight excluding hydrogens is 244 g/mol. The van der Waals surface area contributed by atoms with E-state index in [-0.39, 0.29) is 12.0 Å². The van der Waals surface area contributed by atoms with Crippen LogP contribution in [-0.2, 0) is 11.3 Å². The largest absolute Gasteiger partial charge is 0.462 e. The minimum absolute atomic E-state index is 0.142. The van der Waals surface area contributed by atoms with Crippen LogP contribution in [0.15, 0.2) is 24.3 Å². The molecule has 2 N–H and O–H groups in total. The number of carbonyl (C=O) groups excluding carboxylic acids is 2. The third-order valence-corrected chi connectivity index (χ3v) is 2.83. The lowest BCUT2D eigenvalue weighted by molar-refractivity contribution is 0.0526. The highest BCUT2D eigenvalue weighted by molar-refractivity contribution is 5.89. The summed E-state index contributed by atoms with van der Waals surface area (Å²) in [6, 6.07) is 7.23. The van der Waals surface area contributed by atoms with Gasteiger partial charge in [0.05, 0.1) is 12.2 Å². The van der Waals surface area contributed by atoms with Crippen LogP contribution in [0.2, 0.25) is 0 Å². The first-order chi connectivity index (χ1) is 9.19. The zero-order valence-corrected chi connectivity index (χ0v) is 10.9. The quantitative estimate of drug-likeness (QED) is 0.795. The van der Waals surface area contributed by atoms with E-state index >= 15 is 0 Å². The van der Waals surface area contributed by atoms with Crippen LogP contribution in [0, 0.1) is 0 Å². The van der Waals surface area contributed by atoms with Crippen LogP contribution < -0.4 is 10.6 Å². The van der Waals surface area contributed by atoms with Gasteiger partial charge in [0.25, 0.3) is 0 Å². The van der Waals surface area contributed by atoms with E-state index < -0.39 is 0 Å². The number of nitrogens with one attached hydrogen (secondary N) is 2. The molecule has 0 heterocycles. The number of hydrogen-bond donors (Lipinski definition) is 2. The Labute approximate surface area is 112 Å². The van der Waals surface area contributed by atoms with Gasteiger partial charge in [0.2, 0.25) is 0 Å². The summed E-state index contributed by atoms with van der Waals surface area (Å²) in [5, 5.41) is 5.62. The second-order valence-corrected chi connectivity index (χ2v) is 4.52. The topological polar surface area (TPSA) is 67.4 Å². The van der Waals surface area contributed by atoms with E-state index in [1.165, 1.54) is 0 Å². The van der Waals surface area contributed by atoms with Gasteiger partial charge >= 0.3 is 12.0 Å². The monoisotopic (exact) mass is 262 g/mol. The van der Waals surface area contributed by atoms with Crippen molar-refractivity contribution >= 4 is 12.0 Å². The first kappa shape index (κ1) is 13.4. The van der Waals surface area contributed by atoms with Crippen LogP contribution in [0.4, 0.5) is 4.79 Å². The third-order valence-electron chi connectivity index (χ3n) is 2.83. The Hall–Kier alpha value is -2.04. The molecule has 5 heteroatoms. The fraction of sp³-hybridized carbons (Fsp3) is 0.429. The smallest absolute Gasteiger partial charge is 0.338 e. The lowest BCUT2D eigenvalue weighted by atomic mass is 10.1. The van der Waals surface area contributed by atoms with Crippen molar-refractivity contribution in [2.75, 3.05) is 6.61 Å². The second kappa shape index (κ2) is 6.22. The molecule has 5 nitrogen and oxygen atoms in total. The molecule has 1 saturated carbocycles. The highest BCUT2D eigenvalue weighted by atomic mass is 16.5. The maximum Gasteiger partial charge on any atom is 0.338 e. The maximum atomic E-state index is 11.4. The van der Waals surface area contributed by atoms with Crippen LogP contribution in [0.3, 0.4) is 0 Å². The molecule has 0 unspecified atom stereocenters. The Morgan fingerprint density at radius 2 is 1.95 bits per heavy atom. The van der Waals surface area contributed by atoms with E-state index in [2.05, 4.69) is 10.6 Å². The summed E-state index contributed by atoms with van der Waals surface area (Å²) in [4.78, 5) is 22.9. The number of benzene rings is 1.